The fourth-order valence-corrected chi connectivity index (χ4v) is 4.51. The standard InChI is InChI=1S/C16H25N3OS/c1-11-5-4-6-16(20,7-11)10-17-8-14-13(3)18-15-19(14)12(2)9-21-15/h9,11,17,20H,4-8,10H2,1-3H3. The van der Waals surface area contributed by atoms with Crippen molar-refractivity contribution >= 4 is 16.3 Å². The Balaban J connectivity index is 1.67. The molecule has 2 aromatic heterocycles. The van der Waals surface area contributed by atoms with Gasteiger partial charge in [0.2, 0.25) is 0 Å². The van der Waals surface area contributed by atoms with Crippen LogP contribution in [0.2, 0.25) is 0 Å². The highest BCUT2D eigenvalue weighted by Crippen LogP contribution is 2.31. The summed E-state index contributed by atoms with van der Waals surface area (Å²) in [7, 11) is 0. The van der Waals surface area contributed by atoms with Crippen molar-refractivity contribution in [2.45, 2.75) is 58.6 Å². The van der Waals surface area contributed by atoms with E-state index in [4.69, 9.17) is 0 Å². The summed E-state index contributed by atoms with van der Waals surface area (Å²) in [4.78, 5) is 5.67. The normalized spacial score (nSPS) is 26.6. The number of nitrogens with zero attached hydrogens (tertiary/aromatic N) is 2. The molecule has 2 unspecified atom stereocenters. The molecule has 4 nitrogen and oxygen atoms in total. The SMILES string of the molecule is Cc1nc2scc(C)n2c1CNCC1(O)CCCC(C)C1. The quantitative estimate of drug-likeness (QED) is 0.913. The van der Waals surface area contributed by atoms with E-state index in [1.54, 1.807) is 11.3 Å². The molecule has 3 rings (SSSR count). The van der Waals surface area contributed by atoms with Crippen molar-refractivity contribution in [3.05, 3.63) is 22.5 Å². The van der Waals surface area contributed by atoms with E-state index in [1.807, 2.05) is 0 Å². The highest BCUT2D eigenvalue weighted by Gasteiger charge is 2.32. The Hall–Kier alpha value is -0.910. The van der Waals surface area contributed by atoms with Gasteiger partial charge in [0.25, 0.3) is 0 Å². The summed E-state index contributed by atoms with van der Waals surface area (Å²) in [6.07, 6.45) is 4.22. The van der Waals surface area contributed by atoms with Crippen LogP contribution in [0.15, 0.2) is 5.38 Å². The number of nitrogens with one attached hydrogen (secondary N) is 1. The maximum Gasteiger partial charge on any atom is 0.194 e. The van der Waals surface area contributed by atoms with E-state index in [0.29, 0.717) is 12.5 Å². The van der Waals surface area contributed by atoms with Crippen molar-refractivity contribution in [1.29, 1.82) is 0 Å². The van der Waals surface area contributed by atoms with Crippen molar-refractivity contribution < 1.29 is 5.11 Å². The van der Waals surface area contributed by atoms with E-state index in [9.17, 15) is 5.11 Å². The van der Waals surface area contributed by atoms with Gasteiger partial charge in [0.15, 0.2) is 4.96 Å². The molecule has 2 atom stereocenters. The smallest absolute Gasteiger partial charge is 0.194 e. The molecule has 0 saturated heterocycles. The van der Waals surface area contributed by atoms with Crippen molar-refractivity contribution in [3.8, 4) is 0 Å². The van der Waals surface area contributed by atoms with Crippen LogP contribution >= 0.6 is 11.3 Å². The molecule has 1 saturated carbocycles. The number of fused-ring (bicyclic) bond motifs is 1. The lowest BCUT2D eigenvalue weighted by molar-refractivity contribution is -0.0120. The van der Waals surface area contributed by atoms with Crippen LogP contribution in [0.5, 0.6) is 0 Å². The second-order valence-corrected chi connectivity index (χ2v) is 7.50. The number of aliphatic hydroxyl groups is 1. The first kappa shape index (κ1) is 15.0. The van der Waals surface area contributed by atoms with Gasteiger partial charge in [-0.1, -0.05) is 19.8 Å². The van der Waals surface area contributed by atoms with Crippen LogP contribution < -0.4 is 5.32 Å². The van der Waals surface area contributed by atoms with Gasteiger partial charge in [0.05, 0.1) is 17.0 Å². The van der Waals surface area contributed by atoms with E-state index in [1.165, 1.54) is 17.8 Å². The molecule has 2 aromatic rings. The summed E-state index contributed by atoms with van der Waals surface area (Å²) < 4.78 is 2.22. The first-order chi connectivity index (χ1) is 9.98. The average molecular weight is 307 g/mol. The molecule has 0 aliphatic heterocycles. The average Bonchev–Trinajstić information content (AvgIpc) is 2.90. The van der Waals surface area contributed by atoms with Gasteiger partial charge in [-0.15, -0.1) is 11.3 Å². The minimum absolute atomic E-state index is 0.529. The summed E-state index contributed by atoms with van der Waals surface area (Å²) in [5, 5.41) is 16.3. The third kappa shape index (κ3) is 3.00. The topological polar surface area (TPSA) is 49.6 Å². The Kier molecular flexibility index (Phi) is 4.08. The predicted molar refractivity (Wildman–Crippen MR) is 86.8 cm³/mol. The first-order valence-electron chi connectivity index (χ1n) is 7.84. The second kappa shape index (κ2) is 5.71. The van der Waals surface area contributed by atoms with Crippen LogP contribution in [-0.2, 0) is 6.54 Å². The summed E-state index contributed by atoms with van der Waals surface area (Å²) in [6.45, 7) is 7.86. The van der Waals surface area contributed by atoms with Gasteiger partial charge in [-0.25, -0.2) is 4.98 Å². The van der Waals surface area contributed by atoms with Crippen molar-refractivity contribution in [2.75, 3.05) is 6.54 Å². The van der Waals surface area contributed by atoms with Crippen LogP contribution in [0.4, 0.5) is 0 Å². The van der Waals surface area contributed by atoms with Crippen LogP contribution in [0.25, 0.3) is 4.96 Å². The fourth-order valence-electron chi connectivity index (χ4n) is 3.58. The van der Waals surface area contributed by atoms with E-state index >= 15 is 0 Å². The number of thiazole rings is 1. The van der Waals surface area contributed by atoms with Gasteiger partial charge in [-0.2, -0.15) is 0 Å². The van der Waals surface area contributed by atoms with Crippen LogP contribution in [0, 0.1) is 19.8 Å². The second-order valence-electron chi connectivity index (χ2n) is 6.67. The minimum atomic E-state index is -0.529. The monoisotopic (exact) mass is 307 g/mol. The molecule has 1 aliphatic rings. The summed E-state index contributed by atoms with van der Waals surface area (Å²) >= 11 is 1.68. The number of hydrogen-bond acceptors (Lipinski definition) is 4. The Labute approximate surface area is 130 Å². The van der Waals surface area contributed by atoms with Gasteiger partial charge in [0.1, 0.15) is 0 Å². The number of hydrogen-bond donors (Lipinski definition) is 2. The highest BCUT2D eigenvalue weighted by molar-refractivity contribution is 7.15. The highest BCUT2D eigenvalue weighted by atomic mass is 32.1. The molecule has 5 heteroatoms. The molecule has 1 fully saturated rings. The number of imidazole rings is 1. The number of rotatable bonds is 4. The molecule has 1 aliphatic carbocycles. The van der Waals surface area contributed by atoms with Gasteiger partial charge in [-0.05, 0) is 32.6 Å². The van der Waals surface area contributed by atoms with E-state index in [0.717, 1.165) is 36.5 Å². The maximum absolute atomic E-state index is 10.7. The van der Waals surface area contributed by atoms with Gasteiger partial charge >= 0.3 is 0 Å². The zero-order valence-electron chi connectivity index (χ0n) is 13.1. The summed E-state index contributed by atoms with van der Waals surface area (Å²) in [5.41, 5.74) is 3.01. The zero-order valence-corrected chi connectivity index (χ0v) is 14.0. The van der Waals surface area contributed by atoms with Crippen LogP contribution in [0.3, 0.4) is 0 Å². The number of aromatic nitrogens is 2. The third-order valence-electron chi connectivity index (χ3n) is 4.64. The lowest BCUT2D eigenvalue weighted by atomic mass is 9.79. The van der Waals surface area contributed by atoms with Crippen LogP contribution in [-0.4, -0.2) is 26.6 Å². The minimum Gasteiger partial charge on any atom is -0.389 e. The Bertz CT molecular complexity index is 633. The molecule has 2 heterocycles. The van der Waals surface area contributed by atoms with Gasteiger partial charge in [-0.3, -0.25) is 4.40 Å². The first-order valence-corrected chi connectivity index (χ1v) is 8.71. The Morgan fingerprint density at radius 1 is 1.52 bits per heavy atom. The molecule has 0 aromatic carbocycles. The molecule has 116 valence electrons. The molecule has 21 heavy (non-hydrogen) atoms. The maximum atomic E-state index is 10.7. The lowest BCUT2D eigenvalue weighted by Gasteiger charge is -2.35. The molecule has 2 N–H and O–H groups in total. The largest absolute Gasteiger partial charge is 0.389 e. The molecule has 0 radical (unpaired) electrons. The summed E-state index contributed by atoms with van der Waals surface area (Å²) in [6, 6.07) is 0. The van der Waals surface area contributed by atoms with Crippen LogP contribution in [0.1, 0.15) is 49.7 Å². The van der Waals surface area contributed by atoms with Crippen molar-refractivity contribution in [3.63, 3.8) is 0 Å². The number of aryl methyl sites for hydroxylation is 2. The zero-order chi connectivity index (χ0) is 15.0. The molecular weight excluding hydrogens is 282 g/mol. The molecule has 0 bridgehead atoms. The van der Waals surface area contributed by atoms with Crippen molar-refractivity contribution in [1.82, 2.24) is 14.7 Å². The third-order valence-corrected chi connectivity index (χ3v) is 5.59. The molecular formula is C16H25N3OS. The Morgan fingerprint density at radius 2 is 2.33 bits per heavy atom. The van der Waals surface area contributed by atoms with E-state index < -0.39 is 5.60 Å². The lowest BCUT2D eigenvalue weighted by Crippen LogP contribution is -2.44. The van der Waals surface area contributed by atoms with E-state index in [-0.39, 0.29) is 0 Å². The van der Waals surface area contributed by atoms with Gasteiger partial charge in [0, 0.05) is 24.2 Å². The van der Waals surface area contributed by atoms with Gasteiger partial charge < -0.3 is 10.4 Å². The molecule has 0 amide bonds. The van der Waals surface area contributed by atoms with Crippen molar-refractivity contribution in [2.24, 2.45) is 5.92 Å². The fraction of sp³-hybridized carbons (Fsp3) is 0.688. The summed E-state index contributed by atoms with van der Waals surface area (Å²) in [5.74, 6) is 0.632. The predicted octanol–water partition coefficient (Wildman–Crippen LogP) is 3.04. The molecule has 0 spiro atoms. The van der Waals surface area contributed by atoms with E-state index in [2.05, 4.69) is 40.9 Å². The Morgan fingerprint density at radius 3 is 3.10 bits per heavy atom.